The van der Waals surface area contributed by atoms with Crippen LogP contribution in [0.2, 0.25) is 0 Å². The minimum absolute atomic E-state index is 0.0654. The Bertz CT molecular complexity index is 1070. The van der Waals surface area contributed by atoms with E-state index in [2.05, 4.69) is 4.72 Å². The highest BCUT2D eigenvalue weighted by molar-refractivity contribution is 7.92. The number of carboxylic acids is 1. The van der Waals surface area contributed by atoms with Crippen molar-refractivity contribution < 1.29 is 32.2 Å². The van der Waals surface area contributed by atoms with E-state index in [1.54, 1.807) is 11.8 Å². The van der Waals surface area contributed by atoms with E-state index in [9.17, 15) is 27.5 Å². The molecule has 0 atom stereocenters. The lowest BCUT2D eigenvalue weighted by atomic mass is 10.1. The third-order valence-corrected chi connectivity index (χ3v) is 6.15. The summed E-state index contributed by atoms with van der Waals surface area (Å²) in [7, 11) is -4.01. The average Bonchev–Trinajstić information content (AvgIpc) is 2.74. The number of rotatable bonds is 6. The summed E-state index contributed by atoms with van der Waals surface area (Å²) in [6, 6.07) is 8.50. The van der Waals surface area contributed by atoms with Crippen LogP contribution in [0.5, 0.6) is 0 Å². The Morgan fingerprint density at radius 1 is 1.10 bits per heavy atom. The number of ether oxygens (including phenoxy) is 1. The van der Waals surface area contributed by atoms with Gasteiger partial charge in [0, 0.05) is 31.9 Å². The van der Waals surface area contributed by atoms with Crippen molar-refractivity contribution in [3.8, 4) is 0 Å². The van der Waals surface area contributed by atoms with E-state index in [1.165, 1.54) is 18.2 Å². The molecular formula is C20H22FN3O6S. The van der Waals surface area contributed by atoms with Crippen molar-refractivity contribution in [2.45, 2.75) is 11.8 Å². The zero-order chi connectivity index (χ0) is 22.6. The van der Waals surface area contributed by atoms with Gasteiger partial charge in [-0.15, -0.1) is 0 Å². The molecule has 0 radical (unpaired) electrons. The highest BCUT2D eigenvalue weighted by Crippen LogP contribution is 2.27. The van der Waals surface area contributed by atoms with E-state index in [0.29, 0.717) is 31.9 Å². The molecule has 2 aromatic rings. The topological polar surface area (TPSA) is 116 Å². The molecule has 0 aromatic heterocycles. The van der Waals surface area contributed by atoms with Crippen molar-refractivity contribution in [3.05, 3.63) is 53.8 Å². The molecule has 1 aliphatic rings. The van der Waals surface area contributed by atoms with Crippen molar-refractivity contribution in [2.75, 3.05) is 42.4 Å². The Labute approximate surface area is 179 Å². The summed E-state index contributed by atoms with van der Waals surface area (Å²) >= 11 is 0. The normalized spacial score (nSPS) is 14.3. The number of piperazine rings is 1. The summed E-state index contributed by atoms with van der Waals surface area (Å²) in [6.07, 6.45) is -0.411. The van der Waals surface area contributed by atoms with Gasteiger partial charge in [0.15, 0.2) is 0 Å². The first-order valence-corrected chi connectivity index (χ1v) is 11.0. The number of benzene rings is 2. The highest BCUT2D eigenvalue weighted by Gasteiger charge is 2.25. The largest absolute Gasteiger partial charge is 0.478 e. The molecule has 9 nitrogen and oxygen atoms in total. The van der Waals surface area contributed by atoms with Gasteiger partial charge in [-0.2, -0.15) is 0 Å². The molecule has 0 spiro atoms. The van der Waals surface area contributed by atoms with Gasteiger partial charge in [0.1, 0.15) is 5.82 Å². The second kappa shape index (κ2) is 9.21. The van der Waals surface area contributed by atoms with Crippen LogP contribution < -0.4 is 9.62 Å². The maximum absolute atomic E-state index is 13.1. The number of nitrogens with one attached hydrogen (secondary N) is 1. The van der Waals surface area contributed by atoms with E-state index in [-0.39, 0.29) is 22.8 Å². The van der Waals surface area contributed by atoms with E-state index in [0.717, 1.165) is 24.3 Å². The smallest absolute Gasteiger partial charge is 0.409 e. The first-order valence-electron chi connectivity index (χ1n) is 9.53. The predicted molar refractivity (Wildman–Crippen MR) is 111 cm³/mol. The Balaban J connectivity index is 1.78. The number of carbonyl (C=O) groups is 2. The summed E-state index contributed by atoms with van der Waals surface area (Å²) in [5, 5.41) is 9.65. The van der Waals surface area contributed by atoms with E-state index >= 15 is 0 Å². The van der Waals surface area contributed by atoms with Gasteiger partial charge in [0.25, 0.3) is 10.0 Å². The minimum atomic E-state index is -4.01. The highest BCUT2D eigenvalue weighted by atomic mass is 32.2. The molecular weight excluding hydrogens is 429 g/mol. The monoisotopic (exact) mass is 451 g/mol. The molecule has 31 heavy (non-hydrogen) atoms. The van der Waals surface area contributed by atoms with Crippen molar-refractivity contribution >= 4 is 33.5 Å². The predicted octanol–water partition coefficient (Wildman–Crippen LogP) is 2.60. The molecule has 0 saturated carbocycles. The van der Waals surface area contributed by atoms with E-state index in [4.69, 9.17) is 4.74 Å². The first kappa shape index (κ1) is 22.3. The van der Waals surface area contributed by atoms with Crippen molar-refractivity contribution in [1.82, 2.24) is 4.90 Å². The quantitative estimate of drug-likeness (QED) is 0.693. The Morgan fingerprint density at radius 2 is 1.74 bits per heavy atom. The maximum atomic E-state index is 13.1. The third-order valence-electron chi connectivity index (χ3n) is 4.75. The zero-order valence-electron chi connectivity index (χ0n) is 16.7. The maximum Gasteiger partial charge on any atom is 0.409 e. The summed E-state index contributed by atoms with van der Waals surface area (Å²) in [4.78, 5) is 26.9. The Morgan fingerprint density at radius 3 is 2.32 bits per heavy atom. The van der Waals surface area contributed by atoms with Gasteiger partial charge in [-0.05, 0) is 49.4 Å². The van der Waals surface area contributed by atoms with Gasteiger partial charge in [0.2, 0.25) is 0 Å². The molecule has 1 fully saturated rings. The van der Waals surface area contributed by atoms with Crippen LogP contribution in [0.25, 0.3) is 0 Å². The van der Waals surface area contributed by atoms with Gasteiger partial charge in [-0.3, -0.25) is 4.72 Å². The molecule has 1 aliphatic heterocycles. The number of hydrogen-bond donors (Lipinski definition) is 2. The van der Waals surface area contributed by atoms with E-state index in [1.807, 2.05) is 4.90 Å². The number of carbonyl (C=O) groups excluding carboxylic acids is 1. The van der Waals surface area contributed by atoms with Gasteiger partial charge >= 0.3 is 12.1 Å². The van der Waals surface area contributed by atoms with Gasteiger partial charge < -0.3 is 19.6 Å². The summed E-state index contributed by atoms with van der Waals surface area (Å²) < 4.78 is 45.3. The van der Waals surface area contributed by atoms with Crippen LogP contribution in [-0.4, -0.2) is 63.3 Å². The van der Waals surface area contributed by atoms with Crippen LogP contribution in [0.15, 0.2) is 47.4 Å². The molecule has 1 amide bonds. The molecule has 1 saturated heterocycles. The van der Waals surface area contributed by atoms with Crippen LogP contribution >= 0.6 is 0 Å². The Kier molecular flexibility index (Phi) is 6.64. The van der Waals surface area contributed by atoms with Gasteiger partial charge in [-0.1, -0.05) is 0 Å². The fourth-order valence-corrected chi connectivity index (χ4v) is 4.27. The molecule has 0 unspecified atom stereocenters. The van der Waals surface area contributed by atoms with Gasteiger partial charge in [-0.25, -0.2) is 22.4 Å². The number of sulfonamides is 1. The van der Waals surface area contributed by atoms with Crippen molar-refractivity contribution in [3.63, 3.8) is 0 Å². The van der Waals surface area contributed by atoms with Crippen LogP contribution in [0.3, 0.4) is 0 Å². The lowest BCUT2D eigenvalue weighted by Gasteiger charge is -2.36. The first-order chi connectivity index (χ1) is 14.7. The van der Waals surface area contributed by atoms with Crippen molar-refractivity contribution in [2.24, 2.45) is 0 Å². The fraction of sp³-hybridized carbons (Fsp3) is 0.300. The second-order valence-electron chi connectivity index (χ2n) is 6.77. The minimum Gasteiger partial charge on any atom is -0.478 e. The number of halogens is 1. The van der Waals surface area contributed by atoms with Crippen LogP contribution in [0, 0.1) is 5.82 Å². The summed E-state index contributed by atoms with van der Waals surface area (Å²) in [5.74, 6) is -1.79. The average molecular weight is 451 g/mol. The molecule has 3 rings (SSSR count). The number of nitrogens with zero attached hydrogens (tertiary/aromatic N) is 2. The zero-order valence-corrected chi connectivity index (χ0v) is 17.6. The molecule has 2 N–H and O–H groups in total. The Hall–Kier alpha value is -3.34. The lowest BCUT2D eigenvalue weighted by Crippen LogP contribution is -2.49. The summed E-state index contributed by atoms with van der Waals surface area (Å²) in [5.41, 5.74) is 0.403. The number of amides is 1. The fourth-order valence-electron chi connectivity index (χ4n) is 3.22. The number of carboxylic acid groups (broad SMARTS) is 1. The second-order valence-corrected chi connectivity index (χ2v) is 8.45. The number of hydrogen-bond acceptors (Lipinski definition) is 6. The molecule has 0 bridgehead atoms. The molecule has 2 aromatic carbocycles. The SMILES string of the molecule is CCOC(=O)N1CCN(c2ccc(NS(=O)(=O)c3ccc(F)cc3)cc2C(=O)O)CC1. The molecule has 166 valence electrons. The van der Waals surface area contributed by atoms with Gasteiger partial charge in [0.05, 0.1) is 22.8 Å². The number of anilines is 2. The third kappa shape index (κ3) is 5.23. The number of aromatic carboxylic acids is 1. The lowest BCUT2D eigenvalue weighted by molar-refractivity contribution is 0.0696. The van der Waals surface area contributed by atoms with E-state index < -0.39 is 27.9 Å². The molecule has 0 aliphatic carbocycles. The molecule has 11 heteroatoms. The van der Waals surface area contributed by atoms with Crippen molar-refractivity contribution in [1.29, 1.82) is 0 Å². The molecule has 1 heterocycles. The summed E-state index contributed by atoms with van der Waals surface area (Å²) in [6.45, 7) is 3.55. The van der Waals surface area contributed by atoms with Crippen LogP contribution in [0.1, 0.15) is 17.3 Å². The standard InChI is InChI=1S/C20H22FN3O6S/c1-2-30-20(27)24-11-9-23(10-12-24)18-8-5-15(13-17(18)19(25)26)22-31(28,29)16-6-3-14(21)4-7-16/h3-8,13,22H,2,9-12H2,1H3,(H,25,26). The van der Waals surface area contributed by atoms with Crippen LogP contribution in [-0.2, 0) is 14.8 Å². The van der Waals surface area contributed by atoms with Crippen LogP contribution in [0.4, 0.5) is 20.6 Å².